The Bertz CT molecular complexity index is 299. The van der Waals surface area contributed by atoms with Crippen LogP contribution in [0.15, 0.2) is 28.7 Å². The summed E-state index contributed by atoms with van der Waals surface area (Å²) in [6.07, 6.45) is 7.00. The van der Waals surface area contributed by atoms with E-state index in [-0.39, 0.29) is 0 Å². The number of rotatable bonds is 2. The average molecular weight is 332 g/mol. The van der Waals surface area contributed by atoms with Gasteiger partial charge in [0.15, 0.2) is 0 Å². The van der Waals surface area contributed by atoms with Crippen molar-refractivity contribution in [2.45, 2.75) is 36.9 Å². The molecule has 1 saturated carbocycles. The molecule has 0 radical (unpaired) electrons. The van der Waals surface area contributed by atoms with Crippen molar-refractivity contribution in [2.75, 3.05) is 0 Å². The quantitative estimate of drug-likeness (QED) is 0.631. The summed E-state index contributed by atoms with van der Waals surface area (Å²) in [6, 6.07) is 8.70. The van der Waals surface area contributed by atoms with Crippen molar-refractivity contribution in [1.29, 1.82) is 0 Å². The monoisotopic (exact) mass is 330 g/mol. The number of halogens is 2. The van der Waals surface area contributed by atoms with Gasteiger partial charge in [-0.05, 0) is 36.5 Å². The summed E-state index contributed by atoms with van der Waals surface area (Å²) < 4.78 is 1.16. The van der Waals surface area contributed by atoms with Crippen molar-refractivity contribution in [2.24, 2.45) is 5.92 Å². The molecule has 2 rings (SSSR count). The van der Waals surface area contributed by atoms with Crippen molar-refractivity contribution in [3.63, 3.8) is 0 Å². The van der Waals surface area contributed by atoms with Crippen LogP contribution in [0.3, 0.4) is 0 Å². The fourth-order valence-electron chi connectivity index (χ4n) is 2.35. The van der Waals surface area contributed by atoms with E-state index in [1.807, 2.05) is 0 Å². The Morgan fingerprint density at radius 2 is 1.60 bits per heavy atom. The van der Waals surface area contributed by atoms with Crippen molar-refractivity contribution >= 4 is 31.9 Å². The van der Waals surface area contributed by atoms with Crippen LogP contribution in [0.1, 0.15) is 42.5 Å². The van der Waals surface area contributed by atoms with Crippen molar-refractivity contribution in [3.8, 4) is 0 Å². The van der Waals surface area contributed by atoms with Crippen LogP contribution in [0.25, 0.3) is 0 Å². The van der Waals surface area contributed by atoms with Crippen LogP contribution in [0, 0.1) is 5.92 Å². The Kier molecular flexibility index (Phi) is 4.27. The lowest BCUT2D eigenvalue weighted by molar-refractivity contribution is 0.354. The Morgan fingerprint density at radius 1 is 1.00 bits per heavy atom. The lowest BCUT2D eigenvalue weighted by Gasteiger charge is -2.26. The van der Waals surface area contributed by atoms with Crippen LogP contribution < -0.4 is 0 Å². The highest BCUT2D eigenvalue weighted by atomic mass is 79.9. The maximum Gasteiger partial charge on any atom is 0.0423 e. The second-order valence-electron chi connectivity index (χ2n) is 4.35. The van der Waals surface area contributed by atoms with Crippen molar-refractivity contribution in [3.05, 3.63) is 34.3 Å². The fraction of sp³-hybridized carbons (Fsp3) is 0.538. The first kappa shape index (κ1) is 11.7. The van der Waals surface area contributed by atoms with Gasteiger partial charge in [-0.1, -0.05) is 63.3 Å². The lowest BCUT2D eigenvalue weighted by atomic mass is 9.85. The minimum atomic E-state index is 0.547. The maximum absolute atomic E-state index is 3.86. The van der Waals surface area contributed by atoms with E-state index in [2.05, 4.69) is 56.1 Å². The molecule has 0 amide bonds. The Labute approximate surface area is 109 Å². The molecule has 0 nitrogen and oxygen atoms in total. The molecule has 0 spiro atoms. The zero-order chi connectivity index (χ0) is 10.7. The summed E-state index contributed by atoms with van der Waals surface area (Å²) in [7, 11) is 0. The van der Waals surface area contributed by atoms with Crippen molar-refractivity contribution in [1.82, 2.24) is 0 Å². The second-order valence-corrected chi connectivity index (χ2v) is 6.25. The van der Waals surface area contributed by atoms with E-state index in [0.29, 0.717) is 4.83 Å². The zero-order valence-corrected chi connectivity index (χ0v) is 11.9. The van der Waals surface area contributed by atoms with Crippen LogP contribution in [-0.4, -0.2) is 0 Å². The van der Waals surface area contributed by atoms with E-state index >= 15 is 0 Å². The van der Waals surface area contributed by atoms with Gasteiger partial charge in [-0.3, -0.25) is 0 Å². The largest absolute Gasteiger partial charge is 0.0836 e. The predicted octanol–water partition coefficient (Wildman–Crippen LogP) is 5.47. The summed E-state index contributed by atoms with van der Waals surface area (Å²) >= 11 is 7.33. The van der Waals surface area contributed by atoms with Crippen molar-refractivity contribution < 1.29 is 0 Å². The Balaban J connectivity index is 2.05. The number of hydrogen-bond acceptors (Lipinski definition) is 0. The highest BCUT2D eigenvalue weighted by Crippen LogP contribution is 2.40. The smallest absolute Gasteiger partial charge is 0.0423 e. The summed E-state index contributed by atoms with van der Waals surface area (Å²) in [5, 5.41) is 0. The molecule has 0 bridgehead atoms. The van der Waals surface area contributed by atoms with Gasteiger partial charge in [0.25, 0.3) is 0 Å². The molecule has 0 heterocycles. The van der Waals surface area contributed by atoms with E-state index in [1.165, 1.54) is 37.7 Å². The van der Waals surface area contributed by atoms with Gasteiger partial charge in [0, 0.05) is 9.30 Å². The van der Waals surface area contributed by atoms with E-state index in [4.69, 9.17) is 0 Å². The highest BCUT2D eigenvalue weighted by molar-refractivity contribution is 9.10. The van der Waals surface area contributed by atoms with Gasteiger partial charge in [0.2, 0.25) is 0 Å². The summed E-state index contributed by atoms with van der Waals surface area (Å²) in [4.78, 5) is 0.547. The molecule has 1 aliphatic carbocycles. The van der Waals surface area contributed by atoms with E-state index in [1.54, 1.807) is 0 Å². The molecule has 1 aliphatic rings. The molecule has 1 unspecified atom stereocenters. The van der Waals surface area contributed by atoms with Gasteiger partial charge in [0.05, 0.1) is 0 Å². The first-order chi connectivity index (χ1) is 7.27. The second kappa shape index (κ2) is 5.49. The Hall–Kier alpha value is 0.180. The highest BCUT2D eigenvalue weighted by Gasteiger charge is 2.22. The van der Waals surface area contributed by atoms with Gasteiger partial charge in [-0.25, -0.2) is 0 Å². The van der Waals surface area contributed by atoms with E-state index in [9.17, 15) is 0 Å². The van der Waals surface area contributed by atoms with Crippen LogP contribution in [0.4, 0.5) is 0 Å². The van der Waals surface area contributed by atoms with E-state index < -0.39 is 0 Å². The summed E-state index contributed by atoms with van der Waals surface area (Å²) in [5.41, 5.74) is 1.42. The number of alkyl halides is 1. The van der Waals surface area contributed by atoms with E-state index in [0.717, 1.165) is 10.4 Å². The molecular weight excluding hydrogens is 316 g/mol. The number of hydrogen-bond donors (Lipinski definition) is 0. The van der Waals surface area contributed by atoms with Crippen LogP contribution in [0.2, 0.25) is 0 Å². The molecule has 15 heavy (non-hydrogen) atoms. The van der Waals surface area contributed by atoms with Gasteiger partial charge in [-0.2, -0.15) is 0 Å². The molecule has 0 saturated heterocycles. The third-order valence-electron chi connectivity index (χ3n) is 3.25. The molecule has 82 valence electrons. The van der Waals surface area contributed by atoms with Crippen LogP contribution >= 0.6 is 31.9 Å². The standard InChI is InChI=1S/C13H16Br2/c14-12-8-6-11(7-9-12)13(15)10-4-2-1-3-5-10/h6-10,13H,1-5H2. The molecule has 0 aliphatic heterocycles. The number of benzene rings is 1. The lowest BCUT2D eigenvalue weighted by Crippen LogP contribution is -2.11. The first-order valence-electron chi connectivity index (χ1n) is 5.67. The SMILES string of the molecule is Brc1ccc(C(Br)C2CCCCC2)cc1. The third-order valence-corrected chi connectivity index (χ3v) is 5.06. The normalized spacial score (nSPS) is 20.1. The molecule has 1 atom stereocenters. The average Bonchev–Trinajstić information content (AvgIpc) is 2.30. The van der Waals surface area contributed by atoms with Gasteiger partial charge in [0.1, 0.15) is 0 Å². The topological polar surface area (TPSA) is 0 Å². The van der Waals surface area contributed by atoms with Gasteiger partial charge < -0.3 is 0 Å². The molecule has 1 aromatic rings. The zero-order valence-electron chi connectivity index (χ0n) is 8.76. The van der Waals surface area contributed by atoms with Crippen LogP contribution in [0.5, 0.6) is 0 Å². The summed E-state index contributed by atoms with van der Waals surface area (Å²) in [5.74, 6) is 0.833. The molecule has 1 aromatic carbocycles. The van der Waals surface area contributed by atoms with Gasteiger partial charge >= 0.3 is 0 Å². The minimum Gasteiger partial charge on any atom is -0.0836 e. The maximum atomic E-state index is 3.86. The molecule has 1 fully saturated rings. The Morgan fingerprint density at radius 3 is 2.20 bits per heavy atom. The van der Waals surface area contributed by atoms with Gasteiger partial charge in [-0.15, -0.1) is 0 Å². The fourth-order valence-corrected chi connectivity index (χ4v) is 3.44. The first-order valence-corrected chi connectivity index (χ1v) is 7.38. The minimum absolute atomic E-state index is 0.547. The molecule has 0 aromatic heterocycles. The molecule has 2 heteroatoms. The van der Waals surface area contributed by atoms with Crippen LogP contribution in [-0.2, 0) is 0 Å². The summed E-state index contributed by atoms with van der Waals surface area (Å²) in [6.45, 7) is 0. The molecular formula is C13H16Br2. The third kappa shape index (κ3) is 3.07. The predicted molar refractivity (Wildman–Crippen MR) is 72.4 cm³/mol. The molecule has 0 N–H and O–H groups in total.